The molecular formula is C14H9N5S. The smallest absolute Gasteiger partial charge is 0.204 e. The van der Waals surface area contributed by atoms with Crippen LogP contribution in [0.15, 0.2) is 47.8 Å². The molecule has 1 N–H and O–H groups in total. The lowest BCUT2D eigenvalue weighted by atomic mass is 10.2. The maximum absolute atomic E-state index is 8.70. The molecule has 6 heteroatoms. The number of nitrogens with zero attached hydrogens (tertiary/aromatic N) is 4. The van der Waals surface area contributed by atoms with Gasteiger partial charge in [0, 0.05) is 17.1 Å². The number of nitrogens with one attached hydrogen (secondary N) is 1. The summed E-state index contributed by atoms with van der Waals surface area (Å²) in [4.78, 5) is 8.92. The molecule has 96 valence electrons. The van der Waals surface area contributed by atoms with Crippen molar-refractivity contribution in [3.8, 4) is 6.07 Å². The first-order valence-corrected chi connectivity index (χ1v) is 6.66. The van der Waals surface area contributed by atoms with Crippen LogP contribution in [0, 0.1) is 11.3 Å². The fraction of sp³-hybridized carbons (Fsp3) is 0. The zero-order valence-electron chi connectivity index (χ0n) is 10.3. The van der Waals surface area contributed by atoms with Crippen molar-refractivity contribution in [3.05, 3.63) is 53.2 Å². The predicted molar refractivity (Wildman–Crippen MR) is 79.8 cm³/mol. The lowest BCUT2D eigenvalue weighted by Gasteiger charge is -1.98. The number of pyridine rings is 1. The standard InChI is InChI=1S/C14H9N5S/c15-6-12-9-17-14(20-12)19-18-8-10-5-11-3-1-2-4-13(11)16-7-10/h1-5,7-9H,(H,17,19). The van der Waals surface area contributed by atoms with E-state index < -0.39 is 0 Å². The minimum absolute atomic E-state index is 0.551. The molecule has 2 aromatic heterocycles. The van der Waals surface area contributed by atoms with E-state index in [-0.39, 0.29) is 0 Å². The van der Waals surface area contributed by atoms with Crippen molar-refractivity contribution in [2.75, 3.05) is 5.43 Å². The van der Waals surface area contributed by atoms with Crippen molar-refractivity contribution >= 4 is 33.6 Å². The maximum Gasteiger partial charge on any atom is 0.204 e. The van der Waals surface area contributed by atoms with Crippen molar-refractivity contribution in [1.29, 1.82) is 5.26 Å². The van der Waals surface area contributed by atoms with Crippen LogP contribution >= 0.6 is 11.3 Å². The molecule has 3 rings (SSSR count). The average Bonchev–Trinajstić information content (AvgIpc) is 2.95. The van der Waals surface area contributed by atoms with Crippen molar-refractivity contribution in [2.45, 2.75) is 0 Å². The number of rotatable bonds is 3. The van der Waals surface area contributed by atoms with Crippen molar-refractivity contribution < 1.29 is 0 Å². The molecule has 0 aliphatic carbocycles. The number of para-hydroxylation sites is 1. The average molecular weight is 279 g/mol. The van der Waals surface area contributed by atoms with E-state index in [2.05, 4.69) is 20.5 Å². The van der Waals surface area contributed by atoms with E-state index in [1.165, 1.54) is 17.5 Å². The van der Waals surface area contributed by atoms with Gasteiger partial charge < -0.3 is 0 Å². The molecule has 0 fully saturated rings. The number of anilines is 1. The number of hydrogen-bond acceptors (Lipinski definition) is 6. The Labute approximate surface area is 119 Å². The van der Waals surface area contributed by atoms with Gasteiger partial charge in [-0.05, 0) is 12.1 Å². The largest absolute Gasteiger partial charge is 0.256 e. The Bertz CT molecular complexity index is 816. The molecule has 0 atom stereocenters. The molecule has 0 aliphatic rings. The summed E-state index contributed by atoms with van der Waals surface area (Å²) in [6.45, 7) is 0. The van der Waals surface area contributed by atoms with Gasteiger partial charge in [0.25, 0.3) is 0 Å². The van der Waals surface area contributed by atoms with Gasteiger partial charge in [0.15, 0.2) is 0 Å². The molecule has 0 amide bonds. The molecule has 2 heterocycles. The van der Waals surface area contributed by atoms with Gasteiger partial charge in [-0.25, -0.2) is 4.98 Å². The highest BCUT2D eigenvalue weighted by atomic mass is 32.1. The second-order valence-electron chi connectivity index (χ2n) is 3.97. The molecule has 1 aromatic carbocycles. The number of benzene rings is 1. The van der Waals surface area contributed by atoms with E-state index in [4.69, 9.17) is 5.26 Å². The molecule has 0 radical (unpaired) electrons. The molecular weight excluding hydrogens is 270 g/mol. The summed E-state index contributed by atoms with van der Waals surface area (Å²) in [7, 11) is 0. The maximum atomic E-state index is 8.70. The summed E-state index contributed by atoms with van der Waals surface area (Å²) in [6, 6.07) is 11.9. The minimum atomic E-state index is 0.551. The number of thiazole rings is 1. The Balaban J connectivity index is 1.75. The number of aromatic nitrogens is 2. The molecule has 0 unspecified atom stereocenters. The number of fused-ring (bicyclic) bond motifs is 1. The van der Waals surface area contributed by atoms with Crippen LogP contribution in [0.1, 0.15) is 10.4 Å². The van der Waals surface area contributed by atoms with Crippen LogP contribution in [-0.2, 0) is 0 Å². The Morgan fingerprint density at radius 3 is 3.00 bits per heavy atom. The quantitative estimate of drug-likeness (QED) is 0.590. The molecule has 0 aliphatic heterocycles. The van der Waals surface area contributed by atoms with E-state index in [1.807, 2.05) is 36.4 Å². The van der Waals surface area contributed by atoms with Crippen LogP contribution in [0.3, 0.4) is 0 Å². The summed E-state index contributed by atoms with van der Waals surface area (Å²) >= 11 is 1.26. The SMILES string of the molecule is N#Cc1cnc(NN=Cc2cnc3ccccc3c2)s1. The van der Waals surface area contributed by atoms with Crippen molar-refractivity contribution in [3.63, 3.8) is 0 Å². The third-order valence-corrected chi connectivity index (χ3v) is 3.41. The monoisotopic (exact) mass is 279 g/mol. The first kappa shape index (κ1) is 12.3. The molecule has 0 saturated carbocycles. The third kappa shape index (κ3) is 2.63. The highest BCUT2D eigenvalue weighted by Crippen LogP contribution is 2.16. The summed E-state index contributed by atoms with van der Waals surface area (Å²) in [5, 5.41) is 14.4. The van der Waals surface area contributed by atoms with Crippen LogP contribution in [0.5, 0.6) is 0 Å². The third-order valence-electron chi connectivity index (χ3n) is 2.60. The van der Waals surface area contributed by atoms with Gasteiger partial charge in [-0.2, -0.15) is 10.4 Å². The van der Waals surface area contributed by atoms with E-state index >= 15 is 0 Å². The normalized spacial score (nSPS) is 10.8. The molecule has 0 bridgehead atoms. The van der Waals surface area contributed by atoms with Crippen LogP contribution < -0.4 is 5.43 Å². The van der Waals surface area contributed by atoms with Gasteiger partial charge in [-0.1, -0.05) is 29.5 Å². The van der Waals surface area contributed by atoms with E-state index in [1.54, 1.807) is 12.4 Å². The Morgan fingerprint density at radius 1 is 1.25 bits per heavy atom. The first-order chi connectivity index (χ1) is 9.85. The van der Waals surface area contributed by atoms with Gasteiger partial charge in [0.05, 0.1) is 17.9 Å². The minimum Gasteiger partial charge on any atom is -0.256 e. The summed E-state index contributed by atoms with van der Waals surface area (Å²) in [5.74, 6) is 0. The van der Waals surface area contributed by atoms with Crippen molar-refractivity contribution in [1.82, 2.24) is 9.97 Å². The van der Waals surface area contributed by atoms with E-state index in [0.29, 0.717) is 10.0 Å². The Hall–Kier alpha value is -2.78. The fourth-order valence-electron chi connectivity index (χ4n) is 1.70. The van der Waals surface area contributed by atoms with Crippen LogP contribution in [0.4, 0.5) is 5.13 Å². The van der Waals surface area contributed by atoms with Gasteiger partial charge >= 0.3 is 0 Å². The van der Waals surface area contributed by atoms with E-state index in [9.17, 15) is 0 Å². The summed E-state index contributed by atoms with van der Waals surface area (Å²) < 4.78 is 0. The van der Waals surface area contributed by atoms with Crippen LogP contribution in [0.2, 0.25) is 0 Å². The lowest BCUT2D eigenvalue weighted by molar-refractivity contribution is 1.28. The number of hydrazone groups is 1. The zero-order valence-corrected chi connectivity index (χ0v) is 11.1. The molecule has 0 spiro atoms. The fourth-order valence-corrected chi connectivity index (χ4v) is 2.26. The molecule has 0 saturated heterocycles. The first-order valence-electron chi connectivity index (χ1n) is 5.85. The van der Waals surface area contributed by atoms with E-state index in [0.717, 1.165) is 16.5 Å². The van der Waals surface area contributed by atoms with Crippen LogP contribution in [-0.4, -0.2) is 16.2 Å². The highest BCUT2D eigenvalue weighted by molar-refractivity contribution is 7.16. The van der Waals surface area contributed by atoms with Gasteiger partial charge in [-0.3, -0.25) is 10.4 Å². The van der Waals surface area contributed by atoms with Gasteiger partial charge in [-0.15, -0.1) is 0 Å². The number of hydrogen-bond donors (Lipinski definition) is 1. The molecule has 5 nitrogen and oxygen atoms in total. The zero-order chi connectivity index (χ0) is 13.8. The second kappa shape index (κ2) is 5.47. The summed E-state index contributed by atoms with van der Waals surface area (Å²) in [5.41, 5.74) is 4.65. The Kier molecular flexibility index (Phi) is 3.35. The predicted octanol–water partition coefficient (Wildman–Crippen LogP) is 3.01. The van der Waals surface area contributed by atoms with Gasteiger partial charge in [0.1, 0.15) is 10.9 Å². The van der Waals surface area contributed by atoms with Gasteiger partial charge in [0.2, 0.25) is 5.13 Å². The van der Waals surface area contributed by atoms with Crippen LogP contribution in [0.25, 0.3) is 10.9 Å². The topological polar surface area (TPSA) is 74.0 Å². The summed E-state index contributed by atoms with van der Waals surface area (Å²) in [6.07, 6.45) is 4.95. The molecule has 3 aromatic rings. The second-order valence-corrected chi connectivity index (χ2v) is 5.00. The Morgan fingerprint density at radius 2 is 2.15 bits per heavy atom. The lowest BCUT2D eigenvalue weighted by Crippen LogP contribution is -1.90. The highest BCUT2D eigenvalue weighted by Gasteiger charge is 1.98. The molecule has 20 heavy (non-hydrogen) atoms. The number of nitriles is 1. The van der Waals surface area contributed by atoms with Crippen molar-refractivity contribution in [2.24, 2.45) is 5.10 Å².